The first-order valence-electron chi connectivity index (χ1n) is 11.0. The van der Waals surface area contributed by atoms with Gasteiger partial charge in [-0.3, -0.25) is 14.4 Å². The van der Waals surface area contributed by atoms with Crippen molar-refractivity contribution < 1.29 is 9.53 Å². The maximum atomic E-state index is 12.5. The Morgan fingerprint density at radius 1 is 1.44 bits per heavy atom. The number of amidine groups is 1. The maximum Gasteiger partial charge on any atom is 0.193 e. The van der Waals surface area contributed by atoms with E-state index in [0.717, 1.165) is 36.1 Å². The van der Waals surface area contributed by atoms with Gasteiger partial charge in [0.05, 0.1) is 25.0 Å². The summed E-state index contributed by atoms with van der Waals surface area (Å²) in [5, 5.41) is 11.2. The number of rotatable bonds is 5. The Bertz CT molecular complexity index is 1010. The lowest BCUT2D eigenvalue weighted by Crippen LogP contribution is -2.61. The summed E-state index contributed by atoms with van der Waals surface area (Å²) in [6, 6.07) is -0.174. The number of ketones is 1. The molecule has 172 valence electrons. The predicted octanol–water partition coefficient (Wildman–Crippen LogP) is 4.11. The van der Waals surface area contributed by atoms with Crippen LogP contribution >= 0.6 is 11.3 Å². The molecule has 2 unspecified atom stereocenters. The van der Waals surface area contributed by atoms with E-state index in [0.29, 0.717) is 24.6 Å². The number of thiazole rings is 1. The van der Waals surface area contributed by atoms with Crippen LogP contribution in [-0.2, 0) is 10.3 Å². The number of aliphatic imine (C=N–C) groups is 1. The Morgan fingerprint density at radius 3 is 2.81 bits per heavy atom. The van der Waals surface area contributed by atoms with E-state index >= 15 is 0 Å². The summed E-state index contributed by atoms with van der Waals surface area (Å²) < 4.78 is 7.96. The molecule has 0 radical (unpaired) electrons. The molecule has 0 N–H and O–H groups in total. The number of allylic oxidation sites excluding steroid dienone is 2. The van der Waals surface area contributed by atoms with Gasteiger partial charge in [-0.2, -0.15) is 0 Å². The molecule has 9 heteroatoms. The molecule has 4 heterocycles. The first-order valence-corrected chi connectivity index (χ1v) is 11.8. The Balaban J connectivity index is 0.000000913. The summed E-state index contributed by atoms with van der Waals surface area (Å²) in [4.78, 5) is 24.0. The molecular formula is C23H32N6O2S. The van der Waals surface area contributed by atoms with Crippen LogP contribution in [-0.4, -0.2) is 62.1 Å². The lowest BCUT2D eigenvalue weighted by molar-refractivity contribution is -0.0463. The average Bonchev–Trinajstić information content (AvgIpc) is 3.45. The number of morpholine rings is 1. The predicted molar refractivity (Wildman–Crippen MR) is 128 cm³/mol. The summed E-state index contributed by atoms with van der Waals surface area (Å²) >= 11 is 1.37. The third-order valence-electron chi connectivity index (χ3n) is 5.64. The van der Waals surface area contributed by atoms with Crippen molar-refractivity contribution >= 4 is 28.7 Å². The van der Waals surface area contributed by atoms with E-state index in [-0.39, 0.29) is 11.8 Å². The van der Waals surface area contributed by atoms with E-state index in [1.807, 2.05) is 39.2 Å². The summed E-state index contributed by atoms with van der Waals surface area (Å²) in [5.74, 6) is 2.63. The minimum Gasteiger partial charge on any atom is -0.377 e. The van der Waals surface area contributed by atoms with Crippen LogP contribution in [0.4, 0.5) is 0 Å². The monoisotopic (exact) mass is 456 g/mol. The number of carbonyl (C=O) groups excluding carboxylic acids is 1. The van der Waals surface area contributed by atoms with Gasteiger partial charge in [0.1, 0.15) is 17.2 Å². The minimum absolute atomic E-state index is 0.0274. The molecule has 2 aromatic heterocycles. The van der Waals surface area contributed by atoms with Crippen molar-refractivity contribution in [1.82, 2.24) is 24.6 Å². The van der Waals surface area contributed by atoms with Gasteiger partial charge in [0.15, 0.2) is 16.6 Å². The summed E-state index contributed by atoms with van der Waals surface area (Å²) in [5.41, 5.74) is 0.561. The van der Waals surface area contributed by atoms with Crippen molar-refractivity contribution in [3.8, 4) is 0 Å². The van der Waals surface area contributed by atoms with Crippen LogP contribution in [0.15, 0.2) is 35.3 Å². The van der Waals surface area contributed by atoms with E-state index in [1.165, 1.54) is 11.3 Å². The van der Waals surface area contributed by atoms with E-state index in [9.17, 15) is 4.79 Å². The number of fused-ring (bicyclic) bond motifs is 3. The fraction of sp³-hybridized carbons (Fsp3) is 0.522. The van der Waals surface area contributed by atoms with Crippen molar-refractivity contribution in [1.29, 1.82) is 0 Å². The molecule has 1 saturated heterocycles. The van der Waals surface area contributed by atoms with Gasteiger partial charge in [-0.1, -0.05) is 19.1 Å². The van der Waals surface area contributed by atoms with E-state index < -0.39 is 5.54 Å². The smallest absolute Gasteiger partial charge is 0.193 e. The fourth-order valence-electron chi connectivity index (χ4n) is 4.19. The largest absolute Gasteiger partial charge is 0.377 e. The second kappa shape index (κ2) is 10.3. The molecule has 0 saturated carbocycles. The number of Topliss-reactive ketones (excluding diaryl/α,β-unsaturated/α-hetero) is 1. The number of aryl methyl sites for hydroxylation is 1. The summed E-state index contributed by atoms with van der Waals surface area (Å²) in [6.07, 6.45) is 6.61. The quantitative estimate of drug-likeness (QED) is 0.497. The highest BCUT2D eigenvalue weighted by molar-refractivity contribution is 7.11. The number of hydrogen-bond donors (Lipinski definition) is 0. The maximum absolute atomic E-state index is 12.5. The number of hydrogen-bond acceptors (Lipinski definition) is 7. The number of nitrogens with zero attached hydrogens (tertiary/aromatic N) is 6. The van der Waals surface area contributed by atoms with Gasteiger partial charge in [0, 0.05) is 24.5 Å². The fourth-order valence-corrected chi connectivity index (χ4v) is 4.78. The third kappa shape index (κ3) is 4.31. The molecule has 0 bridgehead atoms. The number of aromatic nitrogens is 4. The van der Waals surface area contributed by atoms with Crippen molar-refractivity contribution in [2.24, 2.45) is 4.99 Å². The van der Waals surface area contributed by atoms with E-state index in [2.05, 4.69) is 38.2 Å². The molecular weight excluding hydrogens is 424 g/mol. The SMILES string of the molecule is C/C=C1\C(=NC(C)CC(=O)c2nccs2)N2CCOCC2(CC)c2nnc(C)n21.C=CC. The average molecular weight is 457 g/mol. The van der Waals surface area contributed by atoms with Gasteiger partial charge in [0.25, 0.3) is 0 Å². The van der Waals surface area contributed by atoms with Crippen LogP contribution in [0.3, 0.4) is 0 Å². The lowest BCUT2D eigenvalue weighted by Gasteiger charge is -2.50. The van der Waals surface area contributed by atoms with Gasteiger partial charge < -0.3 is 9.64 Å². The Kier molecular flexibility index (Phi) is 7.73. The summed E-state index contributed by atoms with van der Waals surface area (Å²) in [7, 11) is 0. The highest BCUT2D eigenvalue weighted by Crippen LogP contribution is 2.41. The molecule has 0 spiro atoms. The Labute approximate surface area is 193 Å². The van der Waals surface area contributed by atoms with Crippen LogP contribution in [0, 0.1) is 6.92 Å². The normalized spacial score (nSPS) is 23.2. The lowest BCUT2D eigenvalue weighted by atomic mass is 9.89. The molecule has 0 aliphatic carbocycles. The van der Waals surface area contributed by atoms with Gasteiger partial charge in [-0.25, -0.2) is 4.98 Å². The van der Waals surface area contributed by atoms with Crippen LogP contribution in [0.5, 0.6) is 0 Å². The molecule has 8 nitrogen and oxygen atoms in total. The van der Waals surface area contributed by atoms with Crippen molar-refractivity contribution in [2.45, 2.75) is 59.0 Å². The van der Waals surface area contributed by atoms with Crippen LogP contribution in [0.25, 0.3) is 5.70 Å². The molecule has 2 aliphatic rings. The molecule has 2 aliphatic heterocycles. The first kappa shape index (κ1) is 24.0. The van der Waals surface area contributed by atoms with Gasteiger partial charge in [-0.05, 0) is 34.1 Å². The number of ether oxygens (including phenoxy) is 1. The van der Waals surface area contributed by atoms with Crippen LogP contribution < -0.4 is 0 Å². The standard InChI is InChI=1S/C20H26N6O2S.C3H6/c1-5-15-17(22-13(3)11-16(27)18-21-7-10-29-18)25-8-9-28-12-20(25,6-2)19-24-23-14(4)26(15)19;1-3-2/h5,7,10,13H,6,8-9,11-12H2,1-4H3;3H,1H2,2H3/b15-5+,22-17?;. The zero-order valence-electron chi connectivity index (χ0n) is 19.5. The van der Waals surface area contributed by atoms with Crippen molar-refractivity contribution in [3.63, 3.8) is 0 Å². The van der Waals surface area contributed by atoms with Gasteiger partial charge >= 0.3 is 0 Å². The second-order valence-electron chi connectivity index (χ2n) is 7.84. The van der Waals surface area contributed by atoms with Gasteiger partial charge in [-0.15, -0.1) is 28.1 Å². The van der Waals surface area contributed by atoms with Crippen molar-refractivity contribution in [3.05, 3.63) is 47.0 Å². The molecule has 1 fully saturated rings. The highest BCUT2D eigenvalue weighted by atomic mass is 32.1. The molecule has 0 aromatic carbocycles. The third-order valence-corrected chi connectivity index (χ3v) is 6.45. The topological polar surface area (TPSA) is 85.5 Å². The zero-order chi connectivity index (χ0) is 23.3. The second-order valence-corrected chi connectivity index (χ2v) is 8.74. The van der Waals surface area contributed by atoms with E-state index in [1.54, 1.807) is 12.3 Å². The summed E-state index contributed by atoms with van der Waals surface area (Å²) in [6.45, 7) is 15.2. The van der Waals surface area contributed by atoms with Crippen molar-refractivity contribution in [2.75, 3.05) is 19.8 Å². The first-order chi connectivity index (χ1) is 15.4. The Morgan fingerprint density at radius 2 is 2.19 bits per heavy atom. The molecule has 32 heavy (non-hydrogen) atoms. The molecule has 2 atom stereocenters. The molecule has 0 amide bonds. The highest BCUT2D eigenvalue weighted by Gasteiger charge is 2.50. The zero-order valence-corrected chi connectivity index (χ0v) is 20.4. The van der Waals surface area contributed by atoms with E-state index in [4.69, 9.17) is 9.73 Å². The molecule has 4 rings (SSSR count). The van der Waals surface area contributed by atoms with Crippen LogP contribution in [0.2, 0.25) is 0 Å². The minimum atomic E-state index is -0.399. The molecule has 2 aromatic rings. The van der Waals surface area contributed by atoms with Gasteiger partial charge in [0.2, 0.25) is 0 Å². The number of carbonyl (C=O) groups is 1. The Hall–Kier alpha value is -2.65. The van der Waals surface area contributed by atoms with Crippen LogP contribution in [0.1, 0.15) is 62.0 Å².